The van der Waals surface area contributed by atoms with Gasteiger partial charge < -0.3 is 10.2 Å². The van der Waals surface area contributed by atoms with Gasteiger partial charge in [-0.1, -0.05) is 6.42 Å². The SMILES string of the molecule is NC(=O)N(O)C1CCCC(c2nc(-c3ccc(F)cc3)c(-c3ccc(S(N)(=O)=O)cc3)o2)C1. The van der Waals surface area contributed by atoms with Gasteiger partial charge in [-0.15, -0.1) is 0 Å². The van der Waals surface area contributed by atoms with Gasteiger partial charge in [0.25, 0.3) is 0 Å². The van der Waals surface area contributed by atoms with E-state index in [9.17, 15) is 22.8 Å². The Morgan fingerprint density at radius 2 is 1.73 bits per heavy atom. The monoisotopic (exact) mass is 474 g/mol. The molecule has 1 fully saturated rings. The van der Waals surface area contributed by atoms with Crippen molar-refractivity contribution in [3.8, 4) is 22.6 Å². The van der Waals surface area contributed by atoms with Gasteiger partial charge in [0.2, 0.25) is 10.0 Å². The summed E-state index contributed by atoms with van der Waals surface area (Å²) in [6, 6.07) is 10.2. The lowest BCUT2D eigenvalue weighted by Gasteiger charge is -2.31. The highest BCUT2D eigenvalue weighted by atomic mass is 32.2. The van der Waals surface area contributed by atoms with E-state index in [1.807, 2.05) is 0 Å². The number of urea groups is 1. The number of primary sulfonamides is 1. The molecule has 0 aliphatic heterocycles. The van der Waals surface area contributed by atoms with Crippen molar-refractivity contribution in [3.63, 3.8) is 0 Å². The van der Waals surface area contributed by atoms with E-state index < -0.39 is 27.9 Å². The Balaban J connectivity index is 1.74. The first kappa shape index (κ1) is 22.9. The van der Waals surface area contributed by atoms with Crippen LogP contribution in [0.3, 0.4) is 0 Å². The number of carbonyl (C=O) groups is 1. The van der Waals surface area contributed by atoms with Crippen molar-refractivity contribution < 1.29 is 27.2 Å². The number of primary amides is 1. The molecule has 4 rings (SSSR count). The van der Waals surface area contributed by atoms with E-state index in [1.54, 1.807) is 24.3 Å². The van der Waals surface area contributed by atoms with Gasteiger partial charge in [0.05, 0.1) is 10.9 Å². The number of halogens is 1. The molecule has 0 bridgehead atoms. The number of nitrogens with two attached hydrogens (primary N) is 2. The van der Waals surface area contributed by atoms with E-state index in [0.29, 0.717) is 46.4 Å². The van der Waals surface area contributed by atoms with Gasteiger partial charge in [-0.2, -0.15) is 0 Å². The quantitative estimate of drug-likeness (QED) is 0.379. The smallest absolute Gasteiger partial charge is 0.338 e. The lowest BCUT2D eigenvalue weighted by atomic mass is 9.85. The number of nitrogens with zero attached hydrogens (tertiary/aromatic N) is 2. The molecule has 2 unspecified atom stereocenters. The number of sulfonamides is 1. The predicted octanol–water partition coefficient (Wildman–Crippen LogP) is 3.59. The van der Waals surface area contributed by atoms with E-state index in [4.69, 9.17) is 15.3 Å². The van der Waals surface area contributed by atoms with Crippen molar-refractivity contribution in [2.75, 3.05) is 0 Å². The first-order chi connectivity index (χ1) is 15.6. The molecule has 0 radical (unpaired) electrons. The number of carbonyl (C=O) groups excluding carboxylic acids is 1. The highest BCUT2D eigenvalue weighted by Gasteiger charge is 2.32. The minimum atomic E-state index is -3.86. The largest absolute Gasteiger partial charge is 0.440 e. The lowest BCUT2D eigenvalue weighted by molar-refractivity contribution is -0.0865. The Bertz CT molecular complexity index is 1260. The summed E-state index contributed by atoms with van der Waals surface area (Å²) in [6.07, 6.45) is 2.47. The number of rotatable bonds is 5. The van der Waals surface area contributed by atoms with Crippen LogP contribution >= 0.6 is 0 Å². The number of benzene rings is 2. The summed E-state index contributed by atoms with van der Waals surface area (Å²) in [7, 11) is -3.86. The topological polar surface area (TPSA) is 153 Å². The van der Waals surface area contributed by atoms with Gasteiger partial charge in [0, 0.05) is 17.0 Å². The maximum absolute atomic E-state index is 13.5. The average Bonchev–Trinajstić information content (AvgIpc) is 3.24. The molecule has 1 aliphatic carbocycles. The van der Waals surface area contributed by atoms with Crippen molar-refractivity contribution in [2.24, 2.45) is 10.9 Å². The Labute approximate surface area is 189 Å². The number of oxazole rings is 1. The summed E-state index contributed by atoms with van der Waals surface area (Å²) in [4.78, 5) is 16.0. The first-order valence-electron chi connectivity index (χ1n) is 10.3. The molecule has 11 heteroatoms. The molecule has 1 aliphatic rings. The molecule has 1 saturated carbocycles. The Kier molecular flexibility index (Phi) is 6.19. The van der Waals surface area contributed by atoms with Gasteiger partial charge in [-0.25, -0.2) is 32.8 Å². The average molecular weight is 475 g/mol. The van der Waals surface area contributed by atoms with Gasteiger partial charge >= 0.3 is 6.03 Å². The second kappa shape index (κ2) is 8.93. The fourth-order valence-electron chi connectivity index (χ4n) is 4.10. The van der Waals surface area contributed by atoms with E-state index >= 15 is 0 Å². The van der Waals surface area contributed by atoms with E-state index in [1.165, 1.54) is 24.3 Å². The van der Waals surface area contributed by atoms with Crippen molar-refractivity contribution in [1.82, 2.24) is 10.0 Å². The van der Waals surface area contributed by atoms with Gasteiger partial charge in [0.1, 0.15) is 11.5 Å². The van der Waals surface area contributed by atoms with Crippen LogP contribution in [0.1, 0.15) is 37.5 Å². The molecule has 2 atom stereocenters. The van der Waals surface area contributed by atoms with E-state index in [2.05, 4.69) is 4.98 Å². The molecule has 1 aromatic heterocycles. The first-order valence-corrected chi connectivity index (χ1v) is 11.9. The van der Waals surface area contributed by atoms with Gasteiger partial charge in [0.15, 0.2) is 11.7 Å². The zero-order valence-electron chi connectivity index (χ0n) is 17.5. The van der Waals surface area contributed by atoms with Crippen molar-refractivity contribution in [3.05, 3.63) is 60.2 Å². The molecular formula is C22H23FN4O5S. The van der Waals surface area contributed by atoms with Gasteiger partial charge in [-0.05, 0) is 67.8 Å². The third-order valence-corrected chi connectivity index (χ3v) is 6.70. The third-order valence-electron chi connectivity index (χ3n) is 5.77. The highest BCUT2D eigenvalue weighted by molar-refractivity contribution is 7.89. The third kappa shape index (κ3) is 4.90. The highest BCUT2D eigenvalue weighted by Crippen LogP contribution is 2.40. The molecule has 1 heterocycles. The van der Waals surface area contributed by atoms with Crippen molar-refractivity contribution in [2.45, 2.75) is 42.5 Å². The Hall–Kier alpha value is -3.28. The van der Waals surface area contributed by atoms with Crippen LogP contribution < -0.4 is 10.9 Å². The number of hydrogen-bond acceptors (Lipinski definition) is 6. The summed E-state index contributed by atoms with van der Waals surface area (Å²) in [6.45, 7) is 0. The molecule has 2 amide bonds. The predicted molar refractivity (Wildman–Crippen MR) is 117 cm³/mol. The molecule has 0 saturated heterocycles. The zero-order chi connectivity index (χ0) is 23.8. The van der Waals surface area contributed by atoms with Crippen LogP contribution in [0, 0.1) is 5.82 Å². The summed E-state index contributed by atoms with van der Waals surface area (Å²) in [5.41, 5.74) is 6.85. The number of hydroxylamine groups is 2. The number of hydrogen-bond donors (Lipinski definition) is 3. The zero-order valence-corrected chi connectivity index (χ0v) is 18.3. The molecule has 3 aromatic rings. The molecule has 2 aromatic carbocycles. The fourth-order valence-corrected chi connectivity index (χ4v) is 4.61. The van der Waals surface area contributed by atoms with E-state index in [-0.39, 0.29) is 10.8 Å². The molecule has 33 heavy (non-hydrogen) atoms. The maximum Gasteiger partial charge on any atom is 0.338 e. The number of aromatic nitrogens is 1. The lowest BCUT2D eigenvalue weighted by Crippen LogP contribution is -2.43. The maximum atomic E-state index is 13.5. The second-order valence-corrected chi connectivity index (χ2v) is 9.57. The minimum Gasteiger partial charge on any atom is -0.440 e. The normalized spacial score (nSPS) is 18.8. The van der Waals surface area contributed by atoms with Crippen LogP contribution in [0.15, 0.2) is 57.8 Å². The van der Waals surface area contributed by atoms with Crippen LogP contribution in [-0.2, 0) is 10.0 Å². The van der Waals surface area contributed by atoms with Crippen LogP contribution in [0.2, 0.25) is 0 Å². The van der Waals surface area contributed by atoms with Crippen LogP contribution in [-0.4, -0.2) is 35.7 Å². The van der Waals surface area contributed by atoms with Crippen molar-refractivity contribution in [1.29, 1.82) is 0 Å². The summed E-state index contributed by atoms with van der Waals surface area (Å²) in [5, 5.41) is 15.7. The van der Waals surface area contributed by atoms with Crippen molar-refractivity contribution >= 4 is 16.1 Å². The molecule has 0 spiro atoms. The second-order valence-electron chi connectivity index (χ2n) is 8.01. The Morgan fingerprint density at radius 3 is 2.33 bits per heavy atom. The molecule has 9 nitrogen and oxygen atoms in total. The summed E-state index contributed by atoms with van der Waals surface area (Å²) < 4.78 is 42.8. The van der Waals surface area contributed by atoms with Crippen LogP contribution in [0.25, 0.3) is 22.6 Å². The molecular weight excluding hydrogens is 451 g/mol. The summed E-state index contributed by atoms with van der Waals surface area (Å²) in [5.74, 6) is 0.207. The van der Waals surface area contributed by atoms with E-state index in [0.717, 1.165) is 12.8 Å². The molecule has 5 N–H and O–H groups in total. The Morgan fingerprint density at radius 1 is 1.09 bits per heavy atom. The standard InChI is InChI=1S/C22H23FN4O5S/c23-16-8-4-13(5-9-16)19-20(14-6-10-18(11-7-14)33(25,30)31)32-21(26-19)15-2-1-3-17(12-15)27(29)22(24)28/h4-11,15,17,29H,1-3,12H2,(H2,24,28)(H2,25,30,31). The minimum absolute atomic E-state index is 0.0427. The fraction of sp³-hybridized carbons (Fsp3) is 0.273. The molecule has 174 valence electrons. The van der Waals surface area contributed by atoms with Crippen LogP contribution in [0.4, 0.5) is 9.18 Å². The summed E-state index contributed by atoms with van der Waals surface area (Å²) >= 11 is 0. The number of amides is 2. The van der Waals surface area contributed by atoms with Gasteiger partial charge in [-0.3, -0.25) is 5.21 Å². The van der Waals surface area contributed by atoms with Crippen LogP contribution in [0.5, 0.6) is 0 Å².